The molecular formula is C17H10F4. The first-order valence-corrected chi connectivity index (χ1v) is 6.32. The highest BCUT2D eigenvalue weighted by atomic mass is 19.4. The Balaban J connectivity index is 2.27. The van der Waals surface area contributed by atoms with E-state index in [-0.39, 0.29) is 11.1 Å². The maximum Gasteiger partial charge on any atom is 0.417 e. The maximum atomic E-state index is 14.1. The van der Waals surface area contributed by atoms with E-state index < -0.39 is 17.6 Å². The Labute approximate surface area is 118 Å². The van der Waals surface area contributed by atoms with Gasteiger partial charge in [-0.2, -0.15) is 13.2 Å². The van der Waals surface area contributed by atoms with Gasteiger partial charge in [0.25, 0.3) is 0 Å². The van der Waals surface area contributed by atoms with Crippen molar-refractivity contribution in [1.82, 2.24) is 0 Å². The molecule has 0 N–H and O–H groups in total. The molecule has 3 aromatic carbocycles. The van der Waals surface area contributed by atoms with E-state index in [0.29, 0.717) is 10.8 Å². The summed E-state index contributed by atoms with van der Waals surface area (Å²) in [6, 6.07) is 14.6. The topological polar surface area (TPSA) is 0 Å². The van der Waals surface area contributed by atoms with Crippen LogP contribution in [0.1, 0.15) is 5.56 Å². The first-order chi connectivity index (χ1) is 9.97. The van der Waals surface area contributed by atoms with E-state index in [2.05, 4.69) is 0 Å². The van der Waals surface area contributed by atoms with E-state index in [1.165, 1.54) is 18.2 Å². The molecule has 0 unspecified atom stereocenters. The number of fused-ring (bicyclic) bond motifs is 1. The third-order valence-electron chi connectivity index (χ3n) is 3.35. The first kappa shape index (κ1) is 13.6. The minimum absolute atomic E-state index is 0.0188. The van der Waals surface area contributed by atoms with Crippen LogP contribution in [-0.4, -0.2) is 0 Å². The third kappa shape index (κ3) is 2.49. The molecule has 0 aliphatic carbocycles. The first-order valence-electron chi connectivity index (χ1n) is 6.32. The van der Waals surface area contributed by atoms with Crippen LogP contribution in [0.25, 0.3) is 21.9 Å². The van der Waals surface area contributed by atoms with Crippen LogP contribution in [0, 0.1) is 5.82 Å². The SMILES string of the molecule is Fc1cc(-c2ccccc2C(F)(F)F)cc2ccccc12. The molecule has 0 radical (unpaired) electrons. The van der Waals surface area contributed by atoms with Crippen molar-refractivity contribution in [3.8, 4) is 11.1 Å². The van der Waals surface area contributed by atoms with Gasteiger partial charge in [-0.25, -0.2) is 4.39 Å². The highest BCUT2D eigenvalue weighted by Gasteiger charge is 2.33. The van der Waals surface area contributed by atoms with Gasteiger partial charge in [0.05, 0.1) is 5.56 Å². The van der Waals surface area contributed by atoms with E-state index in [1.54, 1.807) is 30.3 Å². The van der Waals surface area contributed by atoms with Gasteiger partial charge in [-0.15, -0.1) is 0 Å². The second-order valence-electron chi connectivity index (χ2n) is 4.72. The van der Waals surface area contributed by atoms with Gasteiger partial charge < -0.3 is 0 Å². The summed E-state index contributed by atoms with van der Waals surface area (Å²) in [4.78, 5) is 0. The van der Waals surface area contributed by atoms with E-state index in [1.807, 2.05) is 0 Å². The van der Waals surface area contributed by atoms with Gasteiger partial charge >= 0.3 is 6.18 Å². The summed E-state index contributed by atoms with van der Waals surface area (Å²) < 4.78 is 53.2. The van der Waals surface area contributed by atoms with Crippen molar-refractivity contribution in [2.75, 3.05) is 0 Å². The standard InChI is InChI=1S/C17H10F4/c18-16-10-12(9-11-5-1-2-7-14(11)16)13-6-3-4-8-15(13)17(19,20)21/h1-10H. The van der Waals surface area contributed by atoms with Crippen LogP contribution in [-0.2, 0) is 6.18 Å². The molecule has 0 heterocycles. The molecule has 3 rings (SSSR count). The molecule has 0 saturated heterocycles. The fourth-order valence-corrected chi connectivity index (χ4v) is 2.40. The zero-order valence-electron chi connectivity index (χ0n) is 10.8. The molecule has 0 spiro atoms. The molecule has 0 atom stereocenters. The molecule has 0 amide bonds. The molecule has 4 heteroatoms. The van der Waals surface area contributed by atoms with Crippen LogP contribution in [0.5, 0.6) is 0 Å². The van der Waals surface area contributed by atoms with Crippen molar-refractivity contribution >= 4 is 10.8 Å². The molecule has 0 bridgehead atoms. The molecule has 106 valence electrons. The summed E-state index contributed by atoms with van der Waals surface area (Å²) in [6.45, 7) is 0. The average molecular weight is 290 g/mol. The van der Waals surface area contributed by atoms with Crippen molar-refractivity contribution < 1.29 is 17.6 Å². The van der Waals surface area contributed by atoms with Gasteiger partial charge in [0.1, 0.15) is 5.82 Å². The van der Waals surface area contributed by atoms with Gasteiger partial charge in [0.15, 0.2) is 0 Å². The molecule has 0 aliphatic heterocycles. The predicted octanol–water partition coefficient (Wildman–Crippen LogP) is 5.66. The van der Waals surface area contributed by atoms with Gasteiger partial charge in [-0.3, -0.25) is 0 Å². The minimum atomic E-state index is -4.47. The lowest BCUT2D eigenvalue weighted by molar-refractivity contribution is -0.137. The van der Waals surface area contributed by atoms with Crippen molar-refractivity contribution in [2.24, 2.45) is 0 Å². The lowest BCUT2D eigenvalue weighted by Crippen LogP contribution is -2.06. The maximum absolute atomic E-state index is 14.1. The quantitative estimate of drug-likeness (QED) is 0.507. The molecule has 0 aliphatic rings. The highest BCUT2D eigenvalue weighted by molar-refractivity contribution is 5.88. The molecule has 0 saturated carbocycles. The van der Waals surface area contributed by atoms with Gasteiger partial charge in [-0.1, -0.05) is 42.5 Å². The number of benzene rings is 3. The summed E-state index contributed by atoms with van der Waals surface area (Å²) in [7, 11) is 0. The Morgan fingerprint density at radius 2 is 1.43 bits per heavy atom. The molecular weight excluding hydrogens is 280 g/mol. The summed E-state index contributed by atoms with van der Waals surface area (Å²) in [5.74, 6) is -0.528. The Hall–Kier alpha value is -2.36. The Morgan fingerprint density at radius 3 is 2.19 bits per heavy atom. The van der Waals surface area contributed by atoms with Crippen LogP contribution in [0.15, 0.2) is 60.7 Å². The second-order valence-corrected chi connectivity index (χ2v) is 4.72. The minimum Gasteiger partial charge on any atom is -0.206 e. The van der Waals surface area contributed by atoms with Crippen molar-refractivity contribution in [2.45, 2.75) is 6.18 Å². The molecule has 0 aromatic heterocycles. The van der Waals surface area contributed by atoms with Crippen LogP contribution in [0.2, 0.25) is 0 Å². The van der Waals surface area contributed by atoms with Gasteiger partial charge in [-0.05, 0) is 34.7 Å². The number of hydrogen-bond donors (Lipinski definition) is 0. The van der Waals surface area contributed by atoms with Crippen LogP contribution >= 0.6 is 0 Å². The Bertz CT molecular complexity index is 803. The van der Waals surface area contributed by atoms with E-state index in [0.717, 1.165) is 12.1 Å². The summed E-state index contributed by atoms with van der Waals surface area (Å²) in [5.41, 5.74) is -0.562. The Morgan fingerprint density at radius 1 is 0.762 bits per heavy atom. The molecule has 3 aromatic rings. The molecule has 0 fully saturated rings. The number of halogens is 4. The van der Waals surface area contributed by atoms with Gasteiger partial charge in [0.2, 0.25) is 0 Å². The van der Waals surface area contributed by atoms with E-state index >= 15 is 0 Å². The number of hydrogen-bond acceptors (Lipinski definition) is 0. The smallest absolute Gasteiger partial charge is 0.206 e. The third-order valence-corrected chi connectivity index (χ3v) is 3.35. The van der Waals surface area contributed by atoms with Crippen molar-refractivity contribution in [1.29, 1.82) is 0 Å². The summed E-state index contributed by atoms with van der Waals surface area (Å²) >= 11 is 0. The lowest BCUT2D eigenvalue weighted by atomic mass is 9.96. The van der Waals surface area contributed by atoms with E-state index in [4.69, 9.17) is 0 Å². The zero-order chi connectivity index (χ0) is 15.0. The summed E-state index contributed by atoms with van der Waals surface area (Å²) in [6.07, 6.45) is -4.47. The largest absolute Gasteiger partial charge is 0.417 e. The molecule has 21 heavy (non-hydrogen) atoms. The number of rotatable bonds is 1. The number of alkyl halides is 3. The average Bonchev–Trinajstić information content (AvgIpc) is 2.46. The normalized spacial score (nSPS) is 11.8. The van der Waals surface area contributed by atoms with Crippen LogP contribution < -0.4 is 0 Å². The fraction of sp³-hybridized carbons (Fsp3) is 0.0588. The molecule has 0 nitrogen and oxygen atoms in total. The fourth-order valence-electron chi connectivity index (χ4n) is 2.40. The van der Waals surface area contributed by atoms with Crippen LogP contribution in [0.4, 0.5) is 17.6 Å². The second kappa shape index (κ2) is 4.88. The van der Waals surface area contributed by atoms with Crippen LogP contribution in [0.3, 0.4) is 0 Å². The van der Waals surface area contributed by atoms with E-state index in [9.17, 15) is 17.6 Å². The zero-order valence-corrected chi connectivity index (χ0v) is 10.8. The monoisotopic (exact) mass is 290 g/mol. The summed E-state index contributed by atoms with van der Waals surface area (Å²) in [5, 5.41) is 0.968. The van der Waals surface area contributed by atoms with Crippen molar-refractivity contribution in [3.05, 3.63) is 72.0 Å². The van der Waals surface area contributed by atoms with Gasteiger partial charge in [0, 0.05) is 5.39 Å². The highest BCUT2D eigenvalue weighted by Crippen LogP contribution is 2.38. The predicted molar refractivity (Wildman–Crippen MR) is 74.3 cm³/mol. The van der Waals surface area contributed by atoms with Crippen molar-refractivity contribution in [3.63, 3.8) is 0 Å². The Kier molecular flexibility index (Phi) is 3.16. The lowest BCUT2D eigenvalue weighted by Gasteiger charge is -2.13.